The first-order chi connectivity index (χ1) is 10.3. The molecule has 1 unspecified atom stereocenters. The van der Waals surface area contributed by atoms with Crippen molar-refractivity contribution in [1.82, 2.24) is 10.3 Å². The third-order valence-corrected chi connectivity index (χ3v) is 3.74. The van der Waals surface area contributed by atoms with Crippen molar-refractivity contribution in [2.24, 2.45) is 0 Å². The molecule has 2 rings (SSSR count). The Morgan fingerprint density at radius 3 is 2.86 bits per heavy atom. The van der Waals surface area contributed by atoms with Gasteiger partial charge in [-0.25, -0.2) is 0 Å². The average Bonchev–Trinajstić information content (AvgIpc) is 2.92. The lowest BCUT2D eigenvalue weighted by Crippen LogP contribution is -2.23. The lowest BCUT2D eigenvalue weighted by atomic mass is 10.0. The molecule has 0 aromatic carbocycles. The van der Waals surface area contributed by atoms with Crippen molar-refractivity contribution in [1.29, 1.82) is 0 Å². The maximum Gasteiger partial charge on any atom is 0.174 e. The van der Waals surface area contributed by atoms with Crippen molar-refractivity contribution in [2.45, 2.75) is 32.7 Å². The zero-order valence-corrected chi connectivity index (χ0v) is 14.0. The fraction of sp³-hybridized carbons (Fsp3) is 0.438. The molecule has 1 atom stereocenters. The van der Waals surface area contributed by atoms with Crippen LogP contribution < -0.4 is 10.1 Å². The summed E-state index contributed by atoms with van der Waals surface area (Å²) in [5.41, 5.74) is 2.14. The number of hydrogen-bond acceptors (Lipinski definition) is 4. The highest BCUT2D eigenvalue weighted by atomic mass is 79.9. The van der Waals surface area contributed by atoms with E-state index in [4.69, 9.17) is 9.15 Å². The third-order valence-electron chi connectivity index (χ3n) is 3.10. The van der Waals surface area contributed by atoms with E-state index in [0.29, 0.717) is 6.61 Å². The minimum atomic E-state index is 0.0377. The average molecular weight is 353 g/mol. The molecule has 0 aliphatic carbocycles. The fourth-order valence-electron chi connectivity index (χ4n) is 2.10. The minimum Gasteiger partial charge on any atom is -0.492 e. The Morgan fingerprint density at radius 2 is 2.19 bits per heavy atom. The number of aromatic nitrogens is 1. The fourth-order valence-corrected chi connectivity index (χ4v) is 2.57. The molecule has 0 fully saturated rings. The van der Waals surface area contributed by atoms with Crippen molar-refractivity contribution in [3.8, 4) is 5.75 Å². The Hall–Kier alpha value is -1.33. The standard InChI is InChI=1S/C16H21BrN2O2/c1-3-6-19-15(14-5-8-21-16(14)17)12-9-13(11-18-10-12)20-7-4-2/h5,8-11,15,19H,3-4,6-7H2,1-2H3. The van der Waals surface area contributed by atoms with Gasteiger partial charge >= 0.3 is 0 Å². The Morgan fingerprint density at radius 1 is 1.33 bits per heavy atom. The molecule has 0 aliphatic rings. The van der Waals surface area contributed by atoms with Crippen molar-refractivity contribution >= 4 is 15.9 Å². The summed E-state index contributed by atoms with van der Waals surface area (Å²) in [6.45, 7) is 5.86. The van der Waals surface area contributed by atoms with Gasteiger partial charge in [-0.05, 0) is 53.0 Å². The van der Waals surface area contributed by atoms with Crippen molar-refractivity contribution in [3.63, 3.8) is 0 Å². The maximum absolute atomic E-state index is 5.67. The summed E-state index contributed by atoms with van der Waals surface area (Å²) in [7, 11) is 0. The van der Waals surface area contributed by atoms with Gasteiger partial charge in [-0.1, -0.05) is 13.8 Å². The first kappa shape index (κ1) is 16.0. The van der Waals surface area contributed by atoms with Crippen LogP contribution in [0, 0.1) is 0 Å². The number of ether oxygens (including phenoxy) is 1. The lowest BCUT2D eigenvalue weighted by Gasteiger charge is -2.18. The van der Waals surface area contributed by atoms with Gasteiger partial charge < -0.3 is 14.5 Å². The molecule has 0 spiro atoms. The molecule has 0 saturated heterocycles. The van der Waals surface area contributed by atoms with Crippen molar-refractivity contribution in [3.05, 3.63) is 46.6 Å². The summed E-state index contributed by atoms with van der Waals surface area (Å²) in [5, 5.41) is 3.53. The molecule has 0 bridgehead atoms. The smallest absolute Gasteiger partial charge is 0.174 e. The predicted molar refractivity (Wildman–Crippen MR) is 86.6 cm³/mol. The molecular formula is C16H21BrN2O2. The maximum atomic E-state index is 5.67. The summed E-state index contributed by atoms with van der Waals surface area (Å²) in [6.07, 6.45) is 7.34. The van der Waals surface area contributed by atoms with E-state index in [1.807, 2.05) is 18.3 Å². The quantitative estimate of drug-likeness (QED) is 0.768. The first-order valence-corrected chi connectivity index (χ1v) is 8.09. The van der Waals surface area contributed by atoms with Crippen LogP contribution in [-0.4, -0.2) is 18.1 Å². The van der Waals surface area contributed by atoms with E-state index in [2.05, 4.69) is 40.1 Å². The van der Waals surface area contributed by atoms with Gasteiger partial charge in [-0.2, -0.15) is 0 Å². The molecule has 0 amide bonds. The Kier molecular flexibility index (Phi) is 6.26. The molecular weight excluding hydrogens is 332 g/mol. The van der Waals surface area contributed by atoms with E-state index in [1.165, 1.54) is 0 Å². The van der Waals surface area contributed by atoms with E-state index in [-0.39, 0.29) is 6.04 Å². The number of pyridine rings is 1. The molecule has 0 radical (unpaired) electrons. The Bertz CT molecular complexity index is 557. The lowest BCUT2D eigenvalue weighted by molar-refractivity contribution is 0.315. The molecule has 2 heterocycles. The molecule has 1 N–H and O–H groups in total. The van der Waals surface area contributed by atoms with Gasteiger partial charge in [0, 0.05) is 11.8 Å². The SMILES string of the molecule is CCCNC(c1cncc(OCCC)c1)c1ccoc1Br. The van der Waals surface area contributed by atoms with Crippen molar-refractivity contribution < 1.29 is 9.15 Å². The summed E-state index contributed by atoms with van der Waals surface area (Å²) in [5.74, 6) is 0.803. The number of halogens is 1. The molecule has 21 heavy (non-hydrogen) atoms. The second-order valence-electron chi connectivity index (χ2n) is 4.84. The number of hydrogen-bond donors (Lipinski definition) is 1. The normalized spacial score (nSPS) is 12.3. The van der Waals surface area contributed by atoms with Gasteiger partial charge in [0.25, 0.3) is 0 Å². The van der Waals surface area contributed by atoms with E-state index in [1.54, 1.807) is 12.5 Å². The van der Waals surface area contributed by atoms with Crippen LogP contribution >= 0.6 is 15.9 Å². The van der Waals surface area contributed by atoms with E-state index < -0.39 is 0 Å². The summed E-state index contributed by atoms with van der Waals surface area (Å²) in [6, 6.07) is 4.04. The largest absolute Gasteiger partial charge is 0.492 e. The van der Waals surface area contributed by atoms with Crippen LogP contribution in [-0.2, 0) is 0 Å². The van der Waals surface area contributed by atoms with Crippen LogP contribution in [0.15, 0.2) is 39.9 Å². The number of nitrogens with zero attached hydrogens (tertiary/aromatic N) is 1. The monoisotopic (exact) mass is 352 g/mol. The number of furan rings is 1. The highest BCUT2D eigenvalue weighted by Crippen LogP contribution is 2.30. The van der Waals surface area contributed by atoms with Crippen molar-refractivity contribution in [2.75, 3.05) is 13.2 Å². The molecule has 0 aliphatic heterocycles. The highest BCUT2D eigenvalue weighted by Gasteiger charge is 2.19. The summed E-state index contributed by atoms with van der Waals surface area (Å²) >= 11 is 3.46. The minimum absolute atomic E-state index is 0.0377. The van der Waals surface area contributed by atoms with Crippen LogP contribution in [0.2, 0.25) is 0 Å². The van der Waals surface area contributed by atoms with Crippen LogP contribution in [0.25, 0.3) is 0 Å². The number of nitrogens with one attached hydrogen (secondary N) is 1. The van der Waals surface area contributed by atoms with Gasteiger partial charge in [-0.3, -0.25) is 4.98 Å². The van der Waals surface area contributed by atoms with Gasteiger partial charge in [0.2, 0.25) is 0 Å². The van der Waals surface area contributed by atoms with E-state index in [0.717, 1.165) is 40.9 Å². The zero-order chi connectivity index (χ0) is 15.1. The second-order valence-corrected chi connectivity index (χ2v) is 5.56. The van der Waals surface area contributed by atoms with Gasteiger partial charge in [0.15, 0.2) is 4.67 Å². The predicted octanol–water partition coefficient (Wildman–Crippen LogP) is 4.31. The van der Waals surface area contributed by atoms with Crippen LogP contribution in [0.3, 0.4) is 0 Å². The molecule has 114 valence electrons. The van der Waals surface area contributed by atoms with Gasteiger partial charge in [0.05, 0.1) is 25.1 Å². The van der Waals surface area contributed by atoms with Gasteiger partial charge in [-0.15, -0.1) is 0 Å². The van der Waals surface area contributed by atoms with Crippen LogP contribution in [0.4, 0.5) is 0 Å². The highest BCUT2D eigenvalue weighted by molar-refractivity contribution is 9.10. The molecule has 2 aromatic rings. The summed E-state index contributed by atoms with van der Waals surface area (Å²) in [4.78, 5) is 4.30. The second kappa shape index (κ2) is 8.20. The zero-order valence-electron chi connectivity index (χ0n) is 12.4. The third kappa shape index (κ3) is 4.32. The topological polar surface area (TPSA) is 47.3 Å². The Labute approximate surface area is 134 Å². The van der Waals surface area contributed by atoms with Crippen LogP contribution in [0.1, 0.15) is 43.9 Å². The molecule has 4 nitrogen and oxygen atoms in total. The molecule has 2 aromatic heterocycles. The van der Waals surface area contributed by atoms with Crippen LogP contribution in [0.5, 0.6) is 5.75 Å². The van der Waals surface area contributed by atoms with E-state index in [9.17, 15) is 0 Å². The molecule has 0 saturated carbocycles. The van der Waals surface area contributed by atoms with E-state index >= 15 is 0 Å². The first-order valence-electron chi connectivity index (χ1n) is 7.30. The summed E-state index contributed by atoms with van der Waals surface area (Å²) < 4.78 is 11.8. The molecule has 5 heteroatoms. The van der Waals surface area contributed by atoms with Gasteiger partial charge in [0.1, 0.15) is 5.75 Å². The number of rotatable bonds is 8. The Balaban J connectivity index is 2.26.